The number of hydrogen-bond acceptors (Lipinski definition) is 4. The van der Waals surface area contributed by atoms with Gasteiger partial charge in [0.1, 0.15) is 17.6 Å². The number of nitrogens with two attached hydrogens (primary N) is 1. The van der Waals surface area contributed by atoms with Crippen molar-refractivity contribution >= 4 is 11.7 Å². The van der Waals surface area contributed by atoms with E-state index in [4.69, 9.17) is 11.0 Å². The quantitative estimate of drug-likeness (QED) is 0.895. The molecule has 0 aliphatic heterocycles. The zero-order chi connectivity index (χ0) is 14.6. The van der Waals surface area contributed by atoms with E-state index in [1.54, 1.807) is 13.0 Å². The number of nitriles is 1. The minimum absolute atomic E-state index is 0.0453. The molecule has 0 atom stereocenters. The molecule has 0 fully saturated rings. The fourth-order valence-corrected chi connectivity index (χ4v) is 1.46. The lowest BCUT2D eigenvalue weighted by atomic mass is 10.2. The number of aromatic nitrogens is 1. The first-order valence-corrected chi connectivity index (χ1v) is 5.31. The Morgan fingerprint density at radius 1 is 1.53 bits per heavy atom. The predicted molar refractivity (Wildman–Crippen MR) is 61.0 cm³/mol. The lowest BCUT2D eigenvalue weighted by Crippen LogP contribution is -2.35. The summed E-state index contributed by atoms with van der Waals surface area (Å²) in [6.45, 7) is 1.51. The van der Waals surface area contributed by atoms with Crippen LogP contribution in [-0.2, 0) is 11.0 Å². The minimum Gasteiger partial charge on any atom is -0.368 e. The lowest BCUT2D eigenvalue weighted by molar-refractivity contribution is -0.141. The Hall–Kier alpha value is -2.30. The Morgan fingerprint density at radius 3 is 2.58 bits per heavy atom. The van der Waals surface area contributed by atoms with Gasteiger partial charge in [0.05, 0.1) is 12.1 Å². The maximum Gasteiger partial charge on any atom is 0.433 e. The molecule has 1 heterocycles. The molecule has 0 spiro atoms. The highest BCUT2D eigenvalue weighted by Gasteiger charge is 2.33. The van der Waals surface area contributed by atoms with Gasteiger partial charge >= 0.3 is 6.18 Å². The largest absolute Gasteiger partial charge is 0.433 e. The zero-order valence-corrected chi connectivity index (χ0v) is 10.0. The predicted octanol–water partition coefficient (Wildman–Crippen LogP) is 1.28. The molecule has 8 heteroatoms. The Bertz CT molecular complexity index is 522. The SMILES string of the molecule is CCN(CC(N)=O)c1nc(C(F)(F)F)ccc1C#N. The van der Waals surface area contributed by atoms with E-state index in [2.05, 4.69) is 4.98 Å². The molecule has 2 N–H and O–H groups in total. The molecule has 1 amide bonds. The summed E-state index contributed by atoms with van der Waals surface area (Å²) in [6.07, 6.45) is -4.62. The fourth-order valence-electron chi connectivity index (χ4n) is 1.46. The highest BCUT2D eigenvalue weighted by molar-refractivity contribution is 5.79. The van der Waals surface area contributed by atoms with Crippen molar-refractivity contribution in [3.05, 3.63) is 23.4 Å². The molecule has 1 aromatic heterocycles. The average Bonchev–Trinajstić information content (AvgIpc) is 2.33. The van der Waals surface area contributed by atoms with Crippen LogP contribution in [0.2, 0.25) is 0 Å². The van der Waals surface area contributed by atoms with Crippen molar-refractivity contribution in [3.63, 3.8) is 0 Å². The van der Waals surface area contributed by atoms with Gasteiger partial charge in [0, 0.05) is 6.54 Å². The molecule has 102 valence electrons. The van der Waals surface area contributed by atoms with Crippen LogP contribution in [0.3, 0.4) is 0 Å². The van der Waals surface area contributed by atoms with Crippen molar-refractivity contribution in [2.75, 3.05) is 18.0 Å². The van der Waals surface area contributed by atoms with Crippen LogP contribution >= 0.6 is 0 Å². The van der Waals surface area contributed by atoms with Crippen molar-refractivity contribution in [1.82, 2.24) is 4.98 Å². The summed E-state index contributed by atoms with van der Waals surface area (Å²) in [5.41, 5.74) is 3.84. The molecule has 0 radical (unpaired) electrons. The molecule has 0 aliphatic rings. The van der Waals surface area contributed by atoms with E-state index in [1.807, 2.05) is 0 Å². The molecule has 1 rings (SSSR count). The number of amides is 1. The number of rotatable bonds is 4. The first kappa shape index (κ1) is 14.8. The fraction of sp³-hybridized carbons (Fsp3) is 0.364. The summed E-state index contributed by atoms with van der Waals surface area (Å²) in [7, 11) is 0. The number of hydrogen-bond donors (Lipinski definition) is 1. The van der Waals surface area contributed by atoms with Crippen molar-refractivity contribution < 1.29 is 18.0 Å². The average molecular weight is 272 g/mol. The van der Waals surface area contributed by atoms with Gasteiger partial charge in [-0.25, -0.2) is 4.98 Å². The Kier molecular flexibility index (Phi) is 4.32. The second-order valence-corrected chi connectivity index (χ2v) is 3.66. The van der Waals surface area contributed by atoms with Gasteiger partial charge in [-0.15, -0.1) is 0 Å². The van der Waals surface area contributed by atoms with Crippen molar-refractivity contribution in [2.24, 2.45) is 5.73 Å². The van der Waals surface area contributed by atoms with Crippen LogP contribution in [-0.4, -0.2) is 24.0 Å². The Morgan fingerprint density at radius 2 is 2.16 bits per heavy atom. The Balaban J connectivity index is 3.29. The van der Waals surface area contributed by atoms with Gasteiger partial charge in [0.2, 0.25) is 5.91 Å². The van der Waals surface area contributed by atoms with Gasteiger partial charge in [-0.3, -0.25) is 4.79 Å². The zero-order valence-electron chi connectivity index (χ0n) is 10.0. The van der Waals surface area contributed by atoms with Crippen molar-refractivity contribution in [1.29, 1.82) is 5.26 Å². The minimum atomic E-state index is -4.62. The third-order valence-electron chi connectivity index (χ3n) is 2.31. The van der Waals surface area contributed by atoms with E-state index in [0.29, 0.717) is 0 Å². The summed E-state index contributed by atoms with van der Waals surface area (Å²) in [4.78, 5) is 15.5. The first-order chi connectivity index (χ1) is 8.79. The number of likely N-dealkylation sites (N-methyl/N-ethyl adjacent to an activating group) is 1. The highest BCUT2D eigenvalue weighted by Crippen LogP contribution is 2.30. The number of carbonyl (C=O) groups excluding carboxylic acids is 1. The molecule has 0 aromatic carbocycles. The molecule has 0 saturated carbocycles. The smallest absolute Gasteiger partial charge is 0.368 e. The number of pyridine rings is 1. The molecule has 0 unspecified atom stereocenters. The summed E-state index contributed by atoms with van der Waals surface area (Å²) < 4.78 is 37.7. The maximum atomic E-state index is 12.6. The molecule has 1 aromatic rings. The van der Waals surface area contributed by atoms with Crippen molar-refractivity contribution in [3.8, 4) is 6.07 Å². The van der Waals surface area contributed by atoms with E-state index < -0.39 is 17.8 Å². The number of nitrogens with zero attached hydrogens (tertiary/aromatic N) is 3. The van der Waals surface area contributed by atoms with Gasteiger partial charge in [-0.2, -0.15) is 18.4 Å². The molecular formula is C11H11F3N4O. The summed E-state index contributed by atoms with van der Waals surface area (Å²) in [5, 5.41) is 8.88. The Labute approximate surface area is 107 Å². The van der Waals surface area contributed by atoms with E-state index in [9.17, 15) is 18.0 Å². The summed E-state index contributed by atoms with van der Waals surface area (Å²) in [5.74, 6) is -0.913. The van der Waals surface area contributed by atoms with Crippen LogP contribution in [0, 0.1) is 11.3 Å². The molecular weight excluding hydrogens is 261 g/mol. The molecule has 0 saturated heterocycles. The monoisotopic (exact) mass is 272 g/mol. The van der Waals surface area contributed by atoms with Crippen LogP contribution in [0.25, 0.3) is 0 Å². The highest BCUT2D eigenvalue weighted by atomic mass is 19.4. The third kappa shape index (κ3) is 3.58. The van der Waals surface area contributed by atoms with Crippen LogP contribution in [0.1, 0.15) is 18.2 Å². The topological polar surface area (TPSA) is 83.0 Å². The standard InChI is InChI=1S/C11H11F3N4O/c1-2-18(6-9(16)19)10-7(5-15)3-4-8(17-10)11(12,13)14/h3-4H,2,6H2,1H3,(H2,16,19). The molecule has 0 bridgehead atoms. The number of carbonyl (C=O) groups is 1. The van der Waals surface area contributed by atoms with Crippen LogP contribution in [0.5, 0.6) is 0 Å². The van der Waals surface area contributed by atoms with E-state index in [1.165, 1.54) is 4.90 Å². The van der Waals surface area contributed by atoms with E-state index in [-0.39, 0.29) is 24.5 Å². The lowest BCUT2D eigenvalue weighted by Gasteiger charge is -2.22. The number of primary amides is 1. The number of alkyl halides is 3. The normalized spacial score (nSPS) is 10.9. The van der Waals surface area contributed by atoms with Gasteiger partial charge in [0.25, 0.3) is 0 Å². The number of halogens is 3. The third-order valence-corrected chi connectivity index (χ3v) is 2.31. The van der Waals surface area contributed by atoms with Crippen LogP contribution in [0.15, 0.2) is 12.1 Å². The first-order valence-electron chi connectivity index (χ1n) is 5.31. The van der Waals surface area contributed by atoms with Crippen LogP contribution < -0.4 is 10.6 Å². The summed E-state index contributed by atoms with van der Waals surface area (Å²) in [6, 6.07) is 3.48. The van der Waals surface area contributed by atoms with Gasteiger partial charge in [0.15, 0.2) is 0 Å². The second kappa shape index (κ2) is 5.56. The second-order valence-electron chi connectivity index (χ2n) is 3.66. The van der Waals surface area contributed by atoms with Crippen LogP contribution in [0.4, 0.5) is 19.0 Å². The molecule has 19 heavy (non-hydrogen) atoms. The van der Waals surface area contributed by atoms with Gasteiger partial charge in [-0.05, 0) is 19.1 Å². The van der Waals surface area contributed by atoms with Gasteiger partial charge in [-0.1, -0.05) is 0 Å². The summed E-state index contributed by atoms with van der Waals surface area (Å²) >= 11 is 0. The number of anilines is 1. The van der Waals surface area contributed by atoms with Gasteiger partial charge < -0.3 is 10.6 Å². The maximum absolute atomic E-state index is 12.6. The molecule has 0 aliphatic carbocycles. The van der Waals surface area contributed by atoms with E-state index >= 15 is 0 Å². The van der Waals surface area contributed by atoms with Crippen molar-refractivity contribution in [2.45, 2.75) is 13.1 Å². The van der Waals surface area contributed by atoms with E-state index in [0.717, 1.165) is 12.1 Å². The molecule has 5 nitrogen and oxygen atoms in total.